The molecule has 3 rings (SSSR count). The third-order valence-electron chi connectivity index (χ3n) is 3.96. The maximum Gasteiger partial charge on any atom is 0.363 e. The Morgan fingerprint density at radius 3 is 2.46 bits per heavy atom. The Labute approximate surface area is 162 Å². The van der Waals surface area contributed by atoms with Crippen LogP contribution in [0.5, 0.6) is 17.2 Å². The van der Waals surface area contributed by atoms with Gasteiger partial charge in [0.15, 0.2) is 17.2 Å². The lowest BCUT2D eigenvalue weighted by Gasteiger charge is -2.09. The number of rotatable bonds is 6. The summed E-state index contributed by atoms with van der Waals surface area (Å²) in [6.07, 6.45) is 1.83. The minimum atomic E-state index is -0.550. The molecule has 0 saturated carbocycles. The van der Waals surface area contributed by atoms with Crippen molar-refractivity contribution in [2.45, 2.75) is 13.3 Å². The highest BCUT2D eigenvalue weighted by atomic mass is 16.6. The fourth-order valence-electron chi connectivity index (χ4n) is 2.48. The lowest BCUT2D eigenvalue weighted by molar-refractivity contribution is -0.134. The van der Waals surface area contributed by atoms with Gasteiger partial charge in [-0.05, 0) is 48.0 Å². The van der Waals surface area contributed by atoms with Crippen molar-refractivity contribution in [3.63, 3.8) is 0 Å². The molecule has 0 amide bonds. The van der Waals surface area contributed by atoms with Crippen LogP contribution < -0.4 is 14.2 Å². The molecule has 1 aliphatic rings. The average Bonchev–Trinajstić information content (AvgIpc) is 3.09. The van der Waals surface area contributed by atoms with Crippen LogP contribution in [0.25, 0.3) is 6.08 Å². The van der Waals surface area contributed by atoms with Crippen LogP contribution in [0.1, 0.15) is 24.5 Å². The summed E-state index contributed by atoms with van der Waals surface area (Å²) >= 11 is 0. The molecule has 0 N–H and O–H groups in total. The predicted molar refractivity (Wildman–Crippen MR) is 103 cm³/mol. The number of ether oxygens (including phenoxy) is 4. The van der Waals surface area contributed by atoms with Gasteiger partial charge in [-0.3, -0.25) is 4.79 Å². The average molecular weight is 381 g/mol. The molecule has 2 aromatic rings. The van der Waals surface area contributed by atoms with Gasteiger partial charge in [-0.1, -0.05) is 13.0 Å². The minimum absolute atomic E-state index is 0.158. The van der Waals surface area contributed by atoms with Crippen molar-refractivity contribution in [3.8, 4) is 17.2 Å². The van der Waals surface area contributed by atoms with Crippen molar-refractivity contribution in [3.05, 3.63) is 59.3 Å². The van der Waals surface area contributed by atoms with Gasteiger partial charge in [0.1, 0.15) is 5.75 Å². The Kier molecular flexibility index (Phi) is 5.74. The molecule has 0 saturated heterocycles. The molecule has 144 valence electrons. The number of cyclic esters (lactones) is 1. The molecule has 1 heterocycles. The topological polar surface area (TPSA) is 83.4 Å². The van der Waals surface area contributed by atoms with Gasteiger partial charge in [-0.25, -0.2) is 9.79 Å². The van der Waals surface area contributed by atoms with Crippen LogP contribution in [0.4, 0.5) is 0 Å². The van der Waals surface area contributed by atoms with Crippen molar-refractivity contribution in [1.29, 1.82) is 0 Å². The van der Waals surface area contributed by atoms with E-state index in [1.165, 1.54) is 7.11 Å². The summed E-state index contributed by atoms with van der Waals surface area (Å²) < 4.78 is 20.8. The first-order chi connectivity index (χ1) is 13.5. The molecular formula is C21H19NO6. The number of aliphatic imine (C=N–C) groups is 1. The Balaban J connectivity index is 1.86. The molecule has 0 fully saturated rings. The number of esters is 2. The van der Waals surface area contributed by atoms with E-state index >= 15 is 0 Å². The Hall–Kier alpha value is -3.61. The first kappa shape index (κ1) is 19.2. The molecule has 0 aromatic heterocycles. The van der Waals surface area contributed by atoms with Crippen molar-refractivity contribution in [2.24, 2.45) is 4.99 Å². The second-order valence-electron chi connectivity index (χ2n) is 5.80. The van der Waals surface area contributed by atoms with E-state index in [0.717, 1.165) is 0 Å². The third kappa shape index (κ3) is 4.20. The van der Waals surface area contributed by atoms with Crippen molar-refractivity contribution < 1.29 is 28.5 Å². The Morgan fingerprint density at radius 2 is 1.82 bits per heavy atom. The van der Waals surface area contributed by atoms with Crippen molar-refractivity contribution in [1.82, 2.24) is 0 Å². The number of benzene rings is 2. The van der Waals surface area contributed by atoms with E-state index in [1.54, 1.807) is 62.6 Å². The summed E-state index contributed by atoms with van der Waals surface area (Å²) in [6, 6.07) is 12.0. The minimum Gasteiger partial charge on any atom is -0.497 e. The van der Waals surface area contributed by atoms with Gasteiger partial charge in [0.05, 0.1) is 14.2 Å². The highest BCUT2D eigenvalue weighted by molar-refractivity contribution is 6.12. The molecule has 0 radical (unpaired) electrons. The second-order valence-corrected chi connectivity index (χ2v) is 5.80. The van der Waals surface area contributed by atoms with Gasteiger partial charge >= 0.3 is 11.9 Å². The molecule has 7 heteroatoms. The van der Waals surface area contributed by atoms with Crippen LogP contribution in [-0.4, -0.2) is 32.1 Å². The molecule has 7 nitrogen and oxygen atoms in total. The van der Waals surface area contributed by atoms with Crippen LogP contribution in [0.3, 0.4) is 0 Å². The molecule has 0 unspecified atom stereocenters. The number of hydrogen-bond donors (Lipinski definition) is 0. The number of methoxy groups -OCH3 is 2. The maximum absolute atomic E-state index is 12.2. The zero-order chi connectivity index (χ0) is 20.1. The fraction of sp³-hybridized carbons (Fsp3) is 0.190. The molecule has 0 aliphatic carbocycles. The first-order valence-corrected chi connectivity index (χ1v) is 8.59. The van der Waals surface area contributed by atoms with Crippen LogP contribution in [-0.2, 0) is 14.3 Å². The lowest BCUT2D eigenvalue weighted by Crippen LogP contribution is -2.06. The highest BCUT2D eigenvalue weighted by Gasteiger charge is 2.24. The van der Waals surface area contributed by atoms with E-state index < -0.39 is 5.97 Å². The van der Waals surface area contributed by atoms with Crippen LogP contribution in [0.15, 0.2) is 53.2 Å². The lowest BCUT2D eigenvalue weighted by atomic mass is 10.1. The summed E-state index contributed by atoms with van der Waals surface area (Å²) in [5, 5.41) is 0. The Morgan fingerprint density at radius 1 is 1.07 bits per heavy atom. The number of carbonyl (C=O) groups is 2. The quantitative estimate of drug-likeness (QED) is 0.433. The predicted octanol–water partition coefficient (Wildman–Crippen LogP) is 3.36. The summed E-state index contributed by atoms with van der Waals surface area (Å²) in [4.78, 5) is 27.9. The molecule has 0 bridgehead atoms. The number of nitrogens with zero attached hydrogens (tertiary/aromatic N) is 1. The van der Waals surface area contributed by atoms with Crippen LogP contribution in [0.2, 0.25) is 0 Å². The van der Waals surface area contributed by atoms with E-state index in [-0.39, 0.29) is 24.0 Å². The summed E-state index contributed by atoms with van der Waals surface area (Å²) in [6.45, 7) is 1.71. The SMILES string of the molecule is CCC(=O)Oc1ccc(/C=C2\N=C(c3ccc(OC)cc3)OC2=O)cc1OC. The maximum atomic E-state index is 12.2. The van der Waals surface area contributed by atoms with Gasteiger partial charge in [0, 0.05) is 12.0 Å². The molecular weight excluding hydrogens is 362 g/mol. The molecule has 1 aliphatic heterocycles. The summed E-state index contributed by atoms with van der Waals surface area (Å²) in [5.41, 5.74) is 1.47. The molecule has 28 heavy (non-hydrogen) atoms. The normalized spacial score (nSPS) is 14.5. The van der Waals surface area contributed by atoms with Gasteiger partial charge in [0.25, 0.3) is 0 Å². The second kappa shape index (κ2) is 8.39. The third-order valence-corrected chi connectivity index (χ3v) is 3.96. The zero-order valence-electron chi connectivity index (χ0n) is 15.7. The smallest absolute Gasteiger partial charge is 0.363 e. The Bertz CT molecular complexity index is 959. The largest absolute Gasteiger partial charge is 0.497 e. The molecule has 2 aromatic carbocycles. The van der Waals surface area contributed by atoms with Gasteiger partial charge < -0.3 is 18.9 Å². The highest BCUT2D eigenvalue weighted by Crippen LogP contribution is 2.30. The summed E-state index contributed by atoms with van der Waals surface area (Å²) in [7, 11) is 3.05. The van der Waals surface area contributed by atoms with Crippen LogP contribution >= 0.6 is 0 Å². The monoisotopic (exact) mass is 381 g/mol. The first-order valence-electron chi connectivity index (χ1n) is 8.59. The summed E-state index contributed by atoms with van der Waals surface area (Å²) in [5.74, 6) is 0.693. The number of hydrogen-bond acceptors (Lipinski definition) is 7. The molecule has 0 atom stereocenters. The standard InChI is InChI=1S/C21H19NO6/c1-4-19(23)27-17-10-5-13(12-18(17)26-3)11-16-21(24)28-20(22-16)14-6-8-15(25-2)9-7-14/h5-12H,4H2,1-3H3/b16-11-. The van der Waals surface area contributed by atoms with E-state index in [1.807, 2.05) is 0 Å². The van der Waals surface area contributed by atoms with Gasteiger partial charge in [-0.2, -0.15) is 0 Å². The zero-order valence-corrected chi connectivity index (χ0v) is 15.7. The van der Waals surface area contributed by atoms with Crippen LogP contribution in [0, 0.1) is 0 Å². The van der Waals surface area contributed by atoms with Crippen molar-refractivity contribution in [2.75, 3.05) is 14.2 Å². The van der Waals surface area contributed by atoms with E-state index in [2.05, 4.69) is 4.99 Å². The van der Waals surface area contributed by atoms with Gasteiger partial charge in [-0.15, -0.1) is 0 Å². The van der Waals surface area contributed by atoms with Crippen molar-refractivity contribution >= 4 is 23.9 Å². The fourth-order valence-corrected chi connectivity index (χ4v) is 2.48. The van der Waals surface area contributed by atoms with Gasteiger partial charge in [0.2, 0.25) is 5.90 Å². The van der Waals surface area contributed by atoms with E-state index in [9.17, 15) is 9.59 Å². The van der Waals surface area contributed by atoms with E-state index in [0.29, 0.717) is 28.4 Å². The number of carbonyl (C=O) groups excluding carboxylic acids is 2. The van der Waals surface area contributed by atoms with E-state index in [4.69, 9.17) is 18.9 Å². The molecule has 0 spiro atoms.